The van der Waals surface area contributed by atoms with Crippen molar-refractivity contribution in [2.75, 3.05) is 32.8 Å². The molecule has 138 valence electrons. The molecule has 7 heteroatoms. The number of morpholine rings is 1. The minimum atomic E-state index is 0.00606. The van der Waals surface area contributed by atoms with E-state index in [1.165, 1.54) is 5.56 Å². The maximum absolute atomic E-state index is 12.9. The normalized spacial score (nSPS) is 21.3. The van der Waals surface area contributed by atoms with E-state index in [-0.39, 0.29) is 11.9 Å². The minimum absolute atomic E-state index is 0.00606. The van der Waals surface area contributed by atoms with Crippen LogP contribution in [0.3, 0.4) is 0 Å². The van der Waals surface area contributed by atoms with E-state index in [1.807, 2.05) is 30.4 Å². The van der Waals surface area contributed by atoms with Crippen molar-refractivity contribution in [2.24, 2.45) is 7.05 Å². The van der Waals surface area contributed by atoms with E-state index in [4.69, 9.17) is 4.74 Å². The quantitative estimate of drug-likeness (QED) is 0.834. The van der Waals surface area contributed by atoms with Crippen LogP contribution < -0.4 is 0 Å². The van der Waals surface area contributed by atoms with E-state index >= 15 is 0 Å². The summed E-state index contributed by atoms with van der Waals surface area (Å²) < 4.78 is 7.20. The number of imidazole rings is 1. The van der Waals surface area contributed by atoms with Crippen LogP contribution in [0.1, 0.15) is 40.8 Å². The average molecular weight is 355 g/mol. The Morgan fingerprint density at radius 1 is 1.23 bits per heavy atom. The van der Waals surface area contributed by atoms with Gasteiger partial charge in [-0.15, -0.1) is 0 Å². The van der Waals surface area contributed by atoms with Crippen molar-refractivity contribution in [3.63, 3.8) is 0 Å². The molecule has 0 spiro atoms. The monoisotopic (exact) mass is 355 g/mol. The van der Waals surface area contributed by atoms with Gasteiger partial charge in [0.1, 0.15) is 0 Å². The number of ether oxygens (including phenoxy) is 1. The molecule has 0 radical (unpaired) electrons. The second-order valence-corrected chi connectivity index (χ2v) is 6.99. The highest BCUT2D eigenvalue weighted by molar-refractivity contribution is 5.91. The Labute approximate surface area is 153 Å². The molecule has 4 rings (SSSR count). The van der Waals surface area contributed by atoms with Gasteiger partial charge >= 0.3 is 0 Å². The van der Waals surface area contributed by atoms with Crippen molar-refractivity contribution in [1.82, 2.24) is 24.3 Å². The zero-order chi connectivity index (χ0) is 17.9. The molecule has 2 aliphatic rings. The van der Waals surface area contributed by atoms with E-state index in [9.17, 15) is 4.79 Å². The molecule has 0 saturated carbocycles. The Balaban J connectivity index is 1.51. The van der Waals surface area contributed by atoms with Crippen molar-refractivity contribution in [2.45, 2.75) is 25.4 Å². The number of carbonyl (C=O) groups is 1. The number of hydrogen-bond donors (Lipinski definition) is 0. The van der Waals surface area contributed by atoms with Gasteiger partial charge in [0.15, 0.2) is 5.82 Å². The molecule has 7 nitrogen and oxygen atoms in total. The maximum Gasteiger partial charge on any atom is 0.290 e. The fourth-order valence-corrected chi connectivity index (χ4v) is 3.84. The van der Waals surface area contributed by atoms with Crippen LogP contribution in [0.2, 0.25) is 0 Å². The van der Waals surface area contributed by atoms with Crippen molar-refractivity contribution in [3.8, 4) is 0 Å². The number of likely N-dealkylation sites (tertiary alicyclic amines) is 1. The van der Waals surface area contributed by atoms with Gasteiger partial charge in [-0.1, -0.05) is 0 Å². The first kappa shape index (κ1) is 17.2. The lowest BCUT2D eigenvalue weighted by Gasteiger charge is -2.27. The van der Waals surface area contributed by atoms with Crippen LogP contribution in [0.15, 0.2) is 30.7 Å². The zero-order valence-corrected chi connectivity index (χ0v) is 15.2. The summed E-state index contributed by atoms with van der Waals surface area (Å²) in [5.41, 5.74) is 2.23. The summed E-state index contributed by atoms with van der Waals surface area (Å²) in [6, 6.07) is 4.30. The number of rotatable bonds is 4. The molecule has 2 saturated heterocycles. The highest BCUT2D eigenvalue weighted by Gasteiger charge is 2.32. The van der Waals surface area contributed by atoms with Crippen molar-refractivity contribution >= 4 is 5.91 Å². The van der Waals surface area contributed by atoms with Crippen LogP contribution in [-0.4, -0.2) is 63.1 Å². The summed E-state index contributed by atoms with van der Waals surface area (Å²) in [4.78, 5) is 26.0. The number of amides is 1. The van der Waals surface area contributed by atoms with Crippen LogP contribution in [0.5, 0.6) is 0 Å². The third-order valence-corrected chi connectivity index (χ3v) is 5.24. The van der Waals surface area contributed by atoms with Crippen molar-refractivity contribution in [1.29, 1.82) is 0 Å². The van der Waals surface area contributed by atoms with Crippen LogP contribution in [0, 0.1) is 0 Å². The Bertz CT molecular complexity index is 769. The molecule has 1 unspecified atom stereocenters. The lowest BCUT2D eigenvalue weighted by molar-refractivity contribution is 0.0336. The summed E-state index contributed by atoms with van der Waals surface area (Å²) >= 11 is 0. The lowest BCUT2D eigenvalue weighted by Crippen LogP contribution is -2.36. The topological polar surface area (TPSA) is 63.5 Å². The number of carbonyl (C=O) groups excluding carboxylic acids is 1. The molecule has 2 aromatic rings. The summed E-state index contributed by atoms with van der Waals surface area (Å²) in [6.07, 6.45) is 7.35. The molecule has 0 aliphatic carbocycles. The van der Waals surface area contributed by atoms with Crippen molar-refractivity contribution in [3.05, 3.63) is 47.8 Å². The molecule has 0 N–H and O–H groups in total. The fraction of sp³-hybridized carbons (Fsp3) is 0.526. The third-order valence-electron chi connectivity index (χ3n) is 5.24. The summed E-state index contributed by atoms with van der Waals surface area (Å²) in [7, 11) is 1.86. The molecule has 2 fully saturated rings. The molecule has 1 amide bonds. The summed E-state index contributed by atoms with van der Waals surface area (Å²) in [6.45, 7) is 5.06. The molecule has 2 aromatic heterocycles. The molecule has 0 aromatic carbocycles. The van der Waals surface area contributed by atoms with Crippen LogP contribution in [-0.2, 0) is 18.3 Å². The predicted octanol–water partition coefficient (Wildman–Crippen LogP) is 1.62. The molecule has 1 atom stereocenters. The average Bonchev–Trinajstić information content (AvgIpc) is 3.31. The Morgan fingerprint density at radius 2 is 2.08 bits per heavy atom. The molecule has 0 bridgehead atoms. The predicted molar refractivity (Wildman–Crippen MR) is 96.6 cm³/mol. The maximum atomic E-state index is 12.9. The fourth-order valence-electron chi connectivity index (χ4n) is 3.84. The first-order valence-corrected chi connectivity index (χ1v) is 9.25. The summed E-state index contributed by atoms with van der Waals surface area (Å²) in [5.74, 6) is 0.506. The molecular formula is C19H25N5O2. The lowest BCUT2D eigenvalue weighted by atomic mass is 10.0. The van der Waals surface area contributed by atoms with E-state index in [0.29, 0.717) is 5.82 Å². The van der Waals surface area contributed by atoms with Crippen LogP contribution in [0.4, 0.5) is 0 Å². The van der Waals surface area contributed by atoms with Crippen molar-refractivity contribution < 1.29 is 9.53 Å². The number of hydrogen-bond acceptors (Lipinski definition) is 5. The largest absolute Gasteiger partial charge is 0.379 e. The smallest absolute Gasteiger partial charge is 0.290 e. The van der Waals surface area contributed by atoms with Gasteiger partial charge in [0, 0.05) is 51.8 Å². The highest BCUT2D eigenvalue weighted by Crippen LogP contribution is 2.33. The van der Waals surface area contributed by atoms with E-state index in [2.05, 4.69) is 20.9 Å². The first-order chi connectivity index (χ1) is 12.7. The number of aromatic nitrogens is 3. The third kappa shape index (κ3) is 3.50. The van der Waals surface area contributed by atoms with Gasteiger partial charge in [-0.2, -0.15) is 0 Å². The summed E-state index contributed by atoms with van der Waals surface area (Å²) in [5, 5.41) is 0. The number of nitrogens with zero attached hydrogens (tertiary/aromatic N) is 5. The van der Waals surface area contributed by atoms with Gasteiger partial charge in [-0.25, -0.2) is 4.98 Å². The standard InChI is InChI=1S/C19H25N5O2/c1-22-8-6-21-18(22)19(25)24-7-2-3-17(24)15-4-5-20-16(13-15)14-23-9-11-26-12-10-23/h4-6,8,13,17H,2-3,7,9-12,14H2,1H3. The molecule has 2 aliphatic heterocycles. The van der Waals surface area contributed by atoms with E-state index in [0.717, 1.165) is 57.9 Å². The second kappa shape index (κ2) is 7.55. The van der Waals surface area contributed by atoms with Gasteiger partial charge in [-0.05, 0) is 30.5 Å². The van der Waals surface area contributed by atoms with Gasteiger partial charge in [0.25, 0.3) is 5.91 Å². The van der Waals surface area contributed by atoms with Gasteiger partial charge in [0.2, 0.25) is 0 Å². The Hall–Kier alpha value is -2.25. The number of aryl methyl sites for hydroxylation is 1. The molecule has 26 heavy (non-hydrogen) atoms. The zero-order valence-electron chi connectivity index (χ0n) is 15.2. The van der Waals surface area contributed by atoms with Gasteiger partial charge < -0.3 is 14.2 Å². The molecule has 4 heterocycles. The Morgan fingerprint density at radius 3 is 2.85 bits per heavy atom. The highest BCUT2D eigenvalue weighted by atomic mass is 16.5. The van der Waals surface area contributed by atoms with Gasteiger partial charge in [-0.3, -0.25) is 14.7 Å². The number of pyridine rings is 1. The first-order valence-electron chi connectivity index (χ1n) is 9.25. The SMILES string of the molecule is Cn1ccnc1C(=O)N1CCCC1c1ccnc(CN2CCOCC2)c1. The van der Waals surface area contributed by atoms with E-state index in [1.54, 1.807) is 10.8 Å². The molecular weight excluding hydrogens is 330 g/mol. The van der Waals surface area contributed by atoms with E-state index < -0.39 is 0 Å². The second-order valence-electron chi connectivity index (χ2n) is 6.99. The minimum Gasteiger partial charge on any atom is -0.379 e. The Kier molecular flexibility index (Phi) is 4.99. The van der Waals surface area contributed by atoms with Gasteiger partial charge in [0.05, 0.1) is 24.9 Å². The van der Waals surface area contributed by atoms with Crippen LogP contribution >= 0.6 is 0 Å². The van der Waals surface area contributed by atoms with Crippen LogP contribution in [0.25, 0.3) is 0 Å².